The number of anilines is 1. The van der Waals surface area contributed by atoms with Gasteiger partial charge in [-0.2, -0.15) is 0 Å². The van der Waals surface area contributed by atoms with Gasteiger partial charge in [0.25, 0.3) is 0 Å². The Kier molecular flexibility index (Phi) is 5.73. The lowest BCUT2D eigenvalue weighted by molar-refractivity contribution is 0.190. The zero-order valence-corrected chi connectivity index (χ0v) is 13.8. The summed E-state index contributed by atoms with van der Waals surface area (Å²) in [4.78, 5) is 14.3. The number of benzene rings is 1. The first-order valence-electron chi connectivity index (χ1n) is 7.23. The van der Waals surface area contributed by atoms with E-state index in [1.807, 2.05) is 18.7 Å². The molecule has 6 heteroatoms. The van der Waals surface area contributed by atoms with Gasteiger partial charge >= 0.3 is 6.03 Å². The van der Waals surface area contributed by atoms with Crippen molar-refractivity contribution in [3.63, 3.8) is 0 Å². The number of hydrogen-bond acceptors (Lipinski definition) is 2. The first-order chi connectivity index (χ1) is 9.97. The first kappa shape index (κ1) is 16.4. The molecular formula is C15H21Cl2N3O. The van der Waals surface area contributed by atoms with E-state index < -0.39 is 0 Å². The summed E-state index contributed by atoms with van der Waals surface area (Å²) >= 11 is 12.0. The van der Waals surface area contributed by atoms with Crippen molar-refractivity contribution in [3.8, 4) is 0 Å². The Labute approximate surface area is 135 Å². The number of carbonyl (C=O) groups excluding carboxylic acids is 1. The van der Waals surface area contributed by atoms with Crippen LogP contribution in [0.25, 0.3) is 0 Å². The highest BCUT2D eigenvalue weighted by atomic mass is 35.5. The van der Waals surface area contributed by atoms with E-state index in [1.165, 1.54) is 6.42 Å². The molecule has 1 aromatic carbocycles. The molecule has 1 aliphatic heterocycles. The van der Waals surface area contributed by atoms with Crippen LogP contribution >= 0.6 is 23.2 Å². The summed E-state index contributed by atoms with van der Waals surface area (Å²) in [5.74, 6) is 0. The topological polar surface area (TPSA) is 44.4 Å². The Morgan fingerprint density at radius 1 is 1.48 bits per heavy atom. The molecule has 0 bridgehead atoms. The number of nitrogens with one attached hydrogen (secondary N) is 2. The van der Waals surface area contributed by atoms with Gasteiger partial charge in [0.05, 0.1) is 10.7 Å². The SMILES string of the molecule is CC(C)N(CC1CCCN1)C(=O)Nc1cc(Cl)ccc1Cl. The van der Waals surface area contributed by atoms with Gasteiger partial charge in [-0.3, -0.25) is 0 Å². The van der Waals surface area contributed by atoms with Crippen LogP contribution in [0.4, 0.5) is 10.5 Å². The van der Waals surface area contributed by atoms with Crippen molar-refractivity contribution in [3.05, 3.63) is 28.2 Å². The summed E-state index contributed by atoms with van der Waals surface area (Å²) < 4.78 is 0. The molecule has 1 atom stereocenters. The summed E-state index contributed by atoms with van der Waals surface area (Å²) in [6.45, 7) is 5.74. The maximum atomic E-state index is 12.5. The average molecular weight is 330 g/mol. The Balaban J connectivity index is 2.05. The second kappa shape index (κ2) is 7.34. The molecule has 1 aromatic rings. The van der Waals surface area contributed by atoms with Gasteiger partial charge < -0.3 is 15.5 Å². The standard InChI is InChI=1S/C15H21Cl2N3O/c1-10(2)20(9-12-4-3-7-18-12)15(21)19-14-8-11(16)5-6-13(14)17/h5-6,8,10,12,18H,3-4,7,9H2,1-2H3,(H,19,21). The highest BCUT2D eigenvalue weighted by Crippen LogP contribution is 2.26. The van der Waals surface area contributed by atoms with Gasteiger partial charge in [0.1, 0.15) is 0 Å². The van der Waals surface area contributed by atoms with E-state index in [2.05, 4.69) is 10.6 Å². The van der Waals surface area contributed by atoms with Gasteiger partial charge in [-0.1, -0.05) is 23.2 Å². The third-order valence-corrected chi connectivity index (χ3v) is 4.20. The van der Waals surface area contributed by atoms with Crippen LogP contribution in [0.15, 0.2) is 18.2 Å². The minimum Gasteiger partial charge on any atom is -0.321 e. The molecule has 0 aliphatic carbocycles. The second-order valence-electron chi connectivity index (χ2n) is 5.59. The molecule has 0 spiro atoms. The van der Waals surface area contributed by atoms with E-state index in [9.17, 15) is 4.79 Å². The molecule has 2 rings (SSSR count). The van der Waals surface area contributed by atoms with Crippen molar-refractivity contribution in [2.75, 3.05) is 18.4 Å². The molecule has 1 fully saturated rings. The lowest BCUT2D eigenvalue weighted by atomic mass is 10.2. The van der Waals surface area contributed by atoms with E-state index in [0.29, 0.717) is 28.3 Å². The molecule has 1 heterocycles. The maximum Gasteiger partial charge on any atom is 0.322 e. The largest absolute Gasteiger partial charge is 0.322 e. The number of halogens is 2. The molecule has 2 N–H and O–H groups in total. The molecule has 1 saturated heterocycles. The van der Waals surface area contributed by atoms with Crippen LogP contribution in [-0.2, 0) is 0 Å². The summed E-state index contributed by atoms with van der Waals surface area (Å²) in [7, 11) is 0. The minimum atomic E-state index is -0.150. The van der Waals surface area contributed by atoms with Crippen LogP contribution in [0, 0.1) is 0 Å². The van der Waals surface area contributed by atoms with Crippen molar-refractivity contribution in [1.82, 2.24) is 10.2 Å². The fourth-order valence-corrected chi connectivity index (χ4v) is 2.80. The lowest BCUT2D eigenvalue weighted by Crippen LogP contribution is -2.46. The number of nitrogens with zero attached hydrogens (tertiary/aromatic N) is 1. The van der Waals surface area contributed by atoms with Crippen molar-refractivity contribution in [2.24, 2.45) is 0 Å². The maximum absolute atomic E-state index is 12.5. The first-order valence-corrected chi connectivity index (χ1v) is 7.99. The Bertz CT molecular complexity index is 502. The zero-order valence-electron chi connectivity index (χ0n) is 12.3. The second-order valence-corrected chi connectivity index (χ2v) is 6.44. The summed E-state index contributed by atoms with van der Waals surface area (Å²) in [6, 6.07) is 5.37. The van der Waals surface area contributed by atoms with Crippen molar-refractivity contribution in [1.29, 1.82) is 0 Å². The number of carbonyl (C=O) groups is 1. The van der Waals surface area contributed by atoms with Crippen molar-refractivity contribution < 1.29 is 4.79 Å². The normalized spacial score (nSPS) is 18.0. The fraction of sp³-hybridized carbons (Fsp3) is 0.533. The van der Waals surface area contributed by atoms with E-state index in [0.717, 1.165) is 13.0 Å². The molecular weight excluding hydrogens is 309 g/mol. The van der Waals surface area contributed by atoms with Crippen LogP contribution in [0.1, 0.15) is 26.7 Å². The van der Waals surface area contributed by atoms with E-state index in [-0.39, 0.29) is 12.1 Å². The number of hydrogen-bond donors (Lipinski definition) is 2. The average Bonchev–Trinajstić information content (AvgIpc) is 2.92. The molecule has 1 unspecified atom stereocenters. The van der Waals surface area contributed by atoms with Crippen LogP contribution in [0.3, 0.4) is 0 Å². The lowest BCUT2D eigenvalue weighted by Gasteiger charge is -2.29. The van der Waals surface area contributed by atoms with E-state index in [4.69, 9.17) is 23.2 Å². The van der Waals surface area contributed by atoms with Crippen molar-refractivity contribution >= 4 is 34.9 Å². The molecule has 2 amide bonds. The third kappa shape index (κ3) is 4.50. The third-order valence-electron chi connectivity index (χ3n) is 3.63. The monoisotopic (exact) mass is 329 g/mol. The van der Waals surface area contributed by atoms with Crippen LogP contribution < -0.4 is 10.6 Å². The molecule has 0 aromatic heterocycles. The smallest absolute Gasteiger partial charge is 0.321 e. The molecule has 0 radical (unpaired) electrons. The summed E-state index contributed by atoms with van der Waals surface area (Å²) in [6.07, 6.45) is 2.27. The Hall–Kier alpha value is -0.970. The highest BCUT2D eigenvalue weighted by Gasteiger charge is 2.24. The van der Waals surface area contributed by atoms with Gasteiger partial charge in [0.15, 0.2) is 0 Å². The van der Waals surface area contributed by atoms with Gasteiger partial charge in [-0.25, -0.2) is 4.79 Å². The minimum absolute atomic E-state index is 0.116. The van der Waals surface area contributed by atoms with E-state index in [1.54, 1.807) is 18.2 Å². The van der Waals surface area contributed by atoms with E-state index >= 15 is 0 Å². The highest BCUT2D eigenvalue weighted by molar-refractivity contribution is 6.35. The molecule has 1 aliphatic rings. The number of rotatable bonds is 4. The van der Waals surface area contributed by atoms with Crippen LogP contribution in [0.2, 0.25) is 10.0 Å². The molecule has 21 heavy (non-hydrogen) atoms. The van der Waals surface area contributed by atoms with Gasteiger partial charge in [-0.05, 0) is 51.4 Å². The Morgan fingerprint density at radius 2 is 2.24 bits per heavy atom. The Morgan fingerprint density at radius 3 is 2.86 bits per heavy atom. The summed E-state index contributed by atoms with van der Waals surface area (Å²) in [5, 5.41) is 7.29. The quantitative estimate of drug-likeness (QED) is 0.877. The molecule has 116 valence electrons. The molecule has 4 nitrogen and oxygen atoms in total. The summed E-state index contributed by atoms with van der Waals surface area (Å²) in [5.41, 5.74) is 0.541. The number of urea groups is 1. The fourth-order valence-electron chi connectivity index (χ4n) is 2.46. The molecule has 0 saturated carbocycles. The zero-order chi connectivity index (χ0) is 15.4. The van der Waals surface area contributed by atoms with Gasteiger partial charge in [0.2, 0.25) is 0 Å². The predicted molar refractivity (Wildman–Crippen MR) is 88.3 cm³/mol. The van der Waals surface area contributed by atoms with Crippen molar-refractivity contribution in [2.45, 2.75) is 38.8 Å². The van der Waals surface area contributed by atoms with Gasteiger partial charge in [-0.15, -0.1) is 0 Å². The predicted octanol–water partition coefficient (Wildman–Crippen LogP) is 3.99. The van der Waals surface area contributed by atoms with Crippen LogP contribution in [-0.4, -0.2) is 36.1 Å². The van der Waals surface area contributed by atoms with Gasteiger partial charge in [0, 0.05) is 23.7 Å². The number of amides is 2. The van der Waals surface area contributed by atoms with Crippen LogP contribution in [0.5, 0.6) is 0 Å².